The molecule has 134 valence electrons. The van der Waals surface area contributed by atoms with Crippen LogP contribution in [-0.4, -0.2) is 75.4 Å². The van der Waals surface area contributed by atoms with Gasteiger partial charge in [-0.25, -0.2) is 4.72 Å². The molecule has 0 radical (unpaired) electrons. The number of aromatic nitrogens is 2. The number of nitrogens with zero attached hydrogens (tertiary/aromatic N) is 4. The van der Waals surface area contributed by atoms with Crippen LogP contribution in [0.15, 0.2) is 12.3 Å². The highest BCUT2D eigenvalue weighted by Gasteiger charge is 2.24. The Morgan fingerprint density at radius 1 is 1.12 bits per heavy atom. The largest absolute Gasteiger partial charge is 0.378 e. The fourth-order valence-corrected chi connectivity index (χ4v) is 4.11. The molecule has 2 saturated heterocycles. The Morgan fingerprint density at radius 2 is 1.88 bits per heavy atom. The van der Waals surface area contributed by atoms with Crippen molar-refractivity contribution in [3.05, 3.63) is 12.3 Å². The maximum absolute atomic E-state index is 12.0. The van der Waals surface area contributed by atoms with Crippen LogP contribution in [0, 0.1) is 0 Å². The van der Waals surface area contributed by atoms with Gasteiger partial charge in [-0.05, 0) is 12.8 Å². The Balaban J connectivity index is 1.46. The molecule has 0 bridgehead atoms. The van der Waals surface area contributed by atoms with E-state index in [0.717, 1.165) is 31.6 Å². The molecule has 0 aliphatic carbocycles. The second-order valence-corrected chi connectivity index (χ2v) is 7.59. The Labute approximate surface area is 142 Å². The monoisotopic (exact) mass is 356 g/mol. The van der Waals surface area contributed by atoms with Gasteiger partial charge in [0.2, 0.25) is 0 Å². The molecule has 10 heteroatoms. The minimum absolute atomic E-state index is 0.308. The van der Waals surface area contributed by atoms with E-state index in [2.05, 4.69) is 25.1 Å². The standard InChI is InChI=1S/C14H24N6O3S/c21-24(22,20-5-1-2-6-20)17-4-3-15-14-11-13(12-16-18-14)19-7-9-23-10-8-19/h11-12,17H,1-10H2,(H,15,18). The lowest BCUT2D eigenvalue weighted by molar-refractivity contribution is 0.122. The average Bonchev–Trinajstić information content (AvgIpc) is 3.16. The first-order valence-electron chi connectivity index (χ1n) is 8.29. The molecule has 3 heterocycles. The lowest BCUT2D eigenvalue weighted by Crippen LogP contribution is -2.40. The van der Waals surface area contributed by atoms with Gasteiger partial charge in [-0.3, -0.25) is 0 Å². The van der Waals surface area contributed by atoms with Crippen molar-refractivity contribution in [2.75, 3.05) is 62.7 Å². The molecule has 3 rings (SSSR count). The van der Waals surface area contributed by atoms with E-state index >= 15 is 0 Å². The lowest BCUT2D eigenvalue weighted by Gasteiger charge is -2.28. The highest BCUT2D eigenvalue weighted by Crippen LogP contribution is 2.17. The van der Waals surface area contributed by atoms with Crippen LogP contribution in [0.3, 0.4) is 0 Å². The van der Waals surface area contributed by atoms with Crippen molar-refractivity contribution >= 4 is 21.7 Å². The number of ether oxygens (including phenoxy) is 1. The van der Waals surface area contributed by atoms with Gasteiger partial charge in [0, 0.05) is 45.3 Å². The summed E-state index contributed by atoms with van der Waals surface area (Å²) in [6.07, 6.45) is 3.60. The van der Waals surface area contributed by atoms with E-state index in [1.165, 1.54) is 4.31 Å². The summed E-state index contributed by atoms with van der Waals surface area (Å²) in [4.78, 5) is 2.19. The third kappa shape index (κ3) is 4.53. The molecule has 2 N–H and O–H groups in total. The molecule has 9 nitrogen and oxygen atoms in total. The number of anilines is 2. The van der Waals surface area contributed by atoms with Crippen LogP contribution < -0.4 is 14.9 Å². The zero-order valence-corrected chi connectivity index (χ0v) is 14.5. The zero-order chi connectivity index (χ0) is 16.8. The van der Waals surface area contributed by atoms with E-state index < -0.39 is 10.2 Å². The third-order valence-corrected chi connectivity index (χ3v) is 5.75. The Hall–Kier alpha value is -1.49. The van der Waals surface area contributed by atoms with Crippen LogP contribution >= 0.6 is 0 Å². The first-order valence-corrected chi connectivity index (χ1v) is 9.73. The molecule has 1 aromatic heterocycles. The van der Waals surface area contributed by atoms with E-state index in [-0.39, 0.29) is 0 Å². The molecule has 0 atom stereocenters. The van der Waals surface area contributed by atoms with Gasteiger partial charge in [-0.1, -0.05) is 0 Å². The number of rotatable bonds is 7. The highest BCUT2D eigenvalue weighted by molar-refractivity contribution is 7.87. The van der Waals surface area contributed by atoms with Gasteiger partial charge in [-0.2, -0.15) is 17.8 Å². The molecular weight excluding hydrogens is 332 g/mol. The molecule has 2 aliphatic heterocycles. The fourth-order valence-electron chi connectivity index (χ4n) is 2.83. The second-order valence-electron chi connectivity index (χ2n) is 5.83. The first kappa shape index (κ1) is 17.3. The number of morpholine rings is 1. The molecule has 0 saturated carbocycles. The van der Waals surface area contributed by atoms with Crippen molar-refractivity contribution in [2.45, 2.75) is 12.8 Å². The maximum Gasteiger partial charge on any atom is 0.279 e. The molecule has 0 spiro atoms. The summed E-state index contributed by atoms with van der Waals surface area (Å²) in [5, 5.41) is 11.2. The minimum atomic E-state index is -3.35. The van der Waals surface area contributed by atoms with Crippen LogP contribution in [0.4, 0.5) is 11.5 Å². The molecular formula is C14H24N6O3S. The van der Waals surface area contributed by atoms with Crippen LogP contribution in [0.2, 0.25) is 0 Å². The normalized spacial score (nSPS) is 19.6. The summed E-state index contributed by atoms with van der Waals surface area (Å²) >= 11 is 0. The van der Waals surface area contributed by atoms with Gasteiger partial charge < -0.3 is 15.0 Å². The predicted molar refractivity (Wildman–Crippen MR) is 91.3 cm³/mol. The second kappa shape index (κ2) is 8.06. The van der Waals surface area contributed by atoms with Crippen LogP contribution in [0.1, 0.15) is 12.8 Å². The SMILES string of the molecule is O=S(=O)(NCCNc1cc(N2CCOCC2)cnn1)N1CCCC1. The topological polar surface area (TPSA) is 99.7 Å². The number of nitrogens with one attached hydrogen (secondary N) is 2. The van der Waals surface area contributed by atoms with E-state index in [4.69, 9.17) is 4.74 Å². The number of hydrogen-bond acceptors (Lipinski definition) is 7. The quantitative estimate of drug-likeness (QED) is 0.645. The van der Waals surface area contributed by atoms with Gasteiger partial charge >= 0.3 is 0 Å². The smallest absolute Gasteiger partial charge is 0.279 e. The maximum atomic E-state index is 12.0. The van der Waals surface area contributed by atoms with Gasteiger partial charge in [0.1, 0.15) is 0 Å². The molecule has 24 heavy (non-hydrogen) atoms. The van der Waals surface area contributed by atoms with E-state index in [0.29, 0.717) is 45.2 Å². The lowest BCUT2D eigenvalue weighted by atomic mass is 10.3. The van der Waals surface area contributed by atoms with E-state index in [1.807, 2.05) is 6.07 Å². The van der Waals surface area contributed by atoms with E-state index in [1.54, 1.807) is 6.20 Å². The fraction of sp³-hybridized carbons (Fsp3) is 0.714. The van der Waals surface area contributed by atoms with Crippen molar-refractivity contribution in [3.8, 4) is 0 Å². The molecule has 0 amide bonds. The van der Waals surface area contributed by atoms with Crippen LogP contribution in [0.5, 0.6) is 0 Å². The summed E-state index contributed by atoms with van der Waals surface area (Å²) in [5.74, 6) is 0.638. The van der Waals surface area contributed by atoms with Crippen molar-refractivity contribution in [1.82, 2.24) is 19.2 Å². The van der Waals surface area contributed by atoms with Crippen LogP contribution in [-0.2, 0) is 14.9 Å². The Bertz CT molecular complexity index is 629. The van der Waals surface area contributed by atoms with Crippen LogP contribution in [0.25, 0.3) is 0 Å². The van der Waals surface area contributed by atoms with Crippen molar-refractivity contribution in [2.24, 2.45) is 0 Å². The van der Waals surface area contributed by atoms with E-state index in [9.17, 15) is 8.42 Å². The summed E-state index contributed by atoms with van der Waals surface area (Å²) < 4.78 is 33.5. The zero-order valence-electron chi connectivity index (χ0n) is 13.6. The van der Waals surface area contributed by atoms with Gasteiger partial charge in [0.15, 0.2) is 5.82 Å². The highest BCUT2D eigenvalue weighted by atomic mass is 32.2. The summed E-state index contributed by atoms with van der Waals surface area (Å²) in [6, 6.07) is 1.92. The Kier molecular flexibility index (Phi) is 5.82. The van der Waals surface area contributed by atoms with Gasteiger partial charge in [0.05, 0.1) is 25.1 Å². The average molecular weight is 356 g/mol. The molecule has 0 unspecified atom stereocenters. The van der Waals surface area contributed by atoms with Crippen molar-refractivity contribution < 1.29 is 13.2 Å². The van der Waals surface area contributed by atoms with Crippen molar-refractivity contribution in [3.63, 3.8) is 0 Å². The molecule has 0 aromatic carbocycles. The third-order valence-electron chi connectivity index (χ3n) is 4.14. The first-order chi connectivity index (χ1) is 11.6. The molecule has 1 aromatic rings. The van der Waals surface area contributed by atoms with Crippen molar-refractivity contribution in [1.29, 1.82) is 0 Å². The van der Waals surface area contributed by atoms with Gasteiger partial charge in [0.25, 0.3) is 10.2 Å². The molecule has 2 aliphatic rings. The minimum Gasteiger partial charge on any atom is -0.378 e. The number of hydrogen-bond donors (Lipinski definition) is 2. The predicted octanol–water partition coefficient (Wildman–Crippen LogP) is -0.345. The summed E-state index contributed by atoms with van der Waals surface area (Å²) in [7, 11) is -3.35. The Morgan fingerprint density at radius 3 is 2.62 bits per heavy atom. The van der Waals surface area contributed by atoms with Gasteiger partial charge in [-0.15, -0.1) is 5.10 Å². The summed E-state index contributed by atoms with van der Waals surface area (Å²) in [6.45, 7) is 5.07. The summed E-state index contributed by atoms with van der Waals surface area (Å²) in [5.41, 5.74) is 0.994. The molecule has 2 fully saturated rings.